The van der Waals surface area contributed by atoms with Crippen molar-refractivity contribution in [2.24, 2.45) is 4.99 Å². The molecule has 0 saturated carbocycles. The Bertz CT molecular complexity index is 1340. The average Bonchev–Trinajstić information content (AvgIpc) is 2.92. The van der Waals surface area contributed by atoms with Crippen LogP contribution in [0.1, 0.15) is 45.6 Å². The van der Waals surface area contributed by atoms with Crippen molar-refractivity contribution < 1.29 is 23.9 Å². The fourth-order valence-electron chi connectivity index (χ4n) is 3.55. The zero-order valence-corrected chi connectivity index (χ0v) is 23.6. The molecule has 1 atom stereocenters. The number of benzene rings is 2. The second-order valence-electron chi connectivity index (χ2n) is 9.04. The van der Waals surface area contributed by atoms with Crippen molar-refractivity contribution in [2.45, 2.75) is 52.3 Å². The number of ether oxygens (including phenoxy) is 2. The first kappa shape index (κ1) is 30.4. The lowest BCUT2D eigenvalue weighted by atomic mass is 10.2. The summed E-state index contributed by atoms with van der Waals surface area (Å²) >= 11 is 1.17. The second kappa shape index (κ2) is 16.0. The average molecular weight is 563 g/mol. The van der Waals surface area contributed by atoms with Gasteiger partial charge in [-0.05, 0) is 62.7 Å². The number of fused-ring (bicyclic) bond motifs is 1. The van der Waals surface area contributed by atoms with Crippen molar-refractivity contribution in [1.29, 1.82) is 0 Å². The van der Waals surface area contributed by atoms with Crippen LogP contribution in [0.2, 0.25) is 0 Å². The molecule has 0 radical (unpaired) electrons. The maximum atomic E-state index is 12.4. The molecule has 0 saturated heterocycles. The van der Waals surface area contributed by atoms with Gasteiger partial charge >= 0.3 is 11.9 Å². The van der Waals surface area contributed by atoms with E-state index in [4.69, 9.17) is 9.47 Å². The Morgan fingerprint density at radius 1 is 0.975 bits per heavy atom. The highest BCUT2D eigenvalue weighted by molar-refractivity contribution is 8.14. The van der Waals surface area contributed by atoms with E-state index < -0.39 is 12.1 Å². The van der Waals surface area contributed by atoms with E-state index in [0.29, 0.717) is 11.6 Å². The maximum absolute atomic E-state index is 12.4. The van der Waals surface area contributed by atoms with Gasteiger partial charge in [0.15, 0.2) is 5.17 Å². The molecular formula is C30H34N4O5S. The predicted molar refractivity (Wildman–Crippen MR) is 160 cm³/mol. The lowest BCUT2D eigenvalue weighted by Gasteiger charge is -2.15. The highest BCUT2D eigenvalue weighted by Crippen LogP contribution is 2.22. The number of amidine groups is 1. The summed E-state index contributed by atoms with van der Waals surface area (Å²) in [5.41, 5.74) is 2.39. The molecule has 3 rings (SSSR count). The van der Waals surface area contributed by atoms with E-state index in [9.17, 15) is 14.4 Å². The van der Waals surface area contributed by atoms with Crippen LogP contribution in [0.15, 0.2) is 77.9 Å². The lowest BCUT2D eigenvalue weighted by molar-refractivity contribution is -0.147. The lowest BCUT2D eigenvalue weighted by Crippen LogP contribution is -2.31. The van der Waals surface area contributed by atoms with E-state index in [1.54, 1.807) is 33.0 Å². The molecule has 3 aromatic rings. The first-order chi connectivity index (χ1) is 19.3. The van der Waals surface area contributed by atoms with E-state index in [-0.39, 0.29) is 36.8 Å². The molecule has 2 N–H and O–H groups in total. The van der Waals surface area contributed by atoms with E-state index in [1.807, 2.05) is 60.7 Å². The Labute approximate surface area is 238 Å². The zero-order valence-electron chi connectivity index (χ0n) is 22.8. The van der Waals surface area contributed by atoms with Crippen LogP contribution >= 0.6 is 11.8 Å². The third-order valence-electron chi connectivity index (χ3n) is 5.31. The first-order valence-electron chi connectivity index (χ1n) is 13.0. The van der Waals surface area contributed by atoms with Crippen molar-refractivity contribution >= 4 is 57.4 Å². The van der Waals surface area contributed by atoms with Gasteiger partial charge in [0, 0.05) is 30.5 Å². The summed E-state index contributed by atoms with van der Waals surface area (Å²) in [7, 11) is 0. The van der Waals surface area contributed by atoms with Gasteiger partial charge < -0.3 is 20.1 Å². The van der Waals surface area contributed by atoms with Crippen LogP contribution in [-0.2, 0) is 23.9 Å². The molecule has 2 aromatic carbocycles. The number of amides is 1. The molecule has 0 aliphatic carbocycles. The van der Waals surface area contributed by atoms with E-state index >= 15 is 0 Å². The van der Waals surface area contributed by atoms with Gasteiger partial charge in [-0.1, -0.05) is 48.5 Å². The number of esters is 2. The topological polar surface area (TPSA) is 119 Å². The van der Waals surface area contributed by atoms with Gasteiger partial charge in [0.05, 0.1) is 17.3 Å². The SMILES string of the molecule is CC(N=C(Nc1cccc2cccnc12)SCOC(=O)CCCC(=O)OC(C)C)NC(=O)/C=C/c1ccccc1. The van der Waals surface area contributed by atoms with Crippen molar-refractivity contribution in [3.63, 3.8) is 0 Å². The molecular weight excluding hydrogens is 528 g/mol. The van der Waals surface area contributed by atoms with Crippen molar-refractivity contribution in [3.8, 4) is 0 Å². The van der Waals surface area contributed by atoms with E-state index in [2.05, 4.69) is 20.6 Å². The number of thioether (sulfide) groups is 1. The molecule has 40 heavy (non-hydrogen) atoms. The number of anilines is 1. The van der Waals surface area contributed by atoms with Gasteiger partial charge in [-0.3, -0.25) is 19.4 Å². The number of carbonyl (C=O) groups is 3. The van der Waals surface area contributed by atoms with Crippen LogP contribution in [0.4, 0.5) is 5.69 Å². The quantitative estimate of drug-likeness (QED) is 0.0972. The number of nitrogens with one attached hydrogen (secondary N) is 2. The van der Waals surface area contributed by atoms with Crippen LogP contribution in [0.5, 0.6) is 0 Å². The fourth-order valence-corrected chi connectivity index (χ4v) is 4.26. The Kier molecular flexibility index (Phi) is 12.2. The number of aromatic nitrogens is 1. The van der Waals surface area contributed by atoms with Gasteiger partial charge in [-0.2, -0.15) is 0 Å². The number of aliphatic imine (C=N–C) groups is 1. The molecule has 1 heterocycles. The summed E-state index contributed by atoms with van der Waals surface area (Å²) in [6.45, 7) is 5.30. The minimum absolute atomic E-state index is 0.00607. The van der Waals surface area contributed by atoms with Crippen LogP contribution in [0.25, 0.3) is 17.0 Å². The van der Waals surface area contributed by atoms with Crippen molar-refractivity contribution in [2.75, 3.05) is 11.3 Å². The number of pyridine rings is 1. The van der Waals surface area contributed by atoms with Gasteiger partial charge in [0.2, 0.25) is 5.91 Å². The predicted octanol–water partition coefficient (Wildman–Crippen LogP) is 5.53. The normalized spacial score (nSPS) is 12.3. The summed E-state index contributed by atoms with van der Waals surface area (Å²) < 4.78 is 10.4. The molecule has 1 amide bonds. The summed E-state index contributed by atoms with van der Waals surface area (Å²) in [5, 5.41) is 7.47. The molecule has 0 bridgehead atoms. The molecule has 0 spiro atoms. The van der Waals surface area contributed by atoms with Gasteiger partial charge in [0.25, 0.3) is 0 Å². The van der Waals surface area contributed by atoms with E-state index in [1.165, 1.54) is 17.8 Å². The summed E-state index contributed by atoms with van der Waals surface area (Å²) in [6.07, 6.45) is 4.71. The maximum Gasteiger partial charge on any atom is 0.306 e. The smallest absolute Gasteiger partial charge is 0.306 e. The molecule has 0 aliphatic heterocycles. The summed E-state index contributed by atoms with van der Waals surface area (Å²) in [5.74, 6) is -1.07. The molecule has 0 fully saturated rings. The van der Waals surface area contributed by atoms with Gasteiger partial charge in [0.1, 0.15) is 12.1 Å². The Balaban J connectivity index is 1.62. The van der Waals surface area contributed by atoms with E-state index in [0.717, 1.165) is 22.2 Å². The first-order valence-corrected chi connectivity index (χ1v) is 14.0. The number of rotatable bonds is 12. The highest BCUT2D eigenvalue weighted by Gasteiger charge is 2.12. The van der Waals surface area contributed by atoms with Crippen molar-refractivity contribution in [3.05, 3.63) is 78.5 Å². The second-order valence-corrected chi connectivity index (χ2v) is 9.95. The van der Waals surface area contributed by atoms with Crippen LogP contribution in [0, 0.1) is 0 Å². The minimum atomic E-state index is -0.575. The Morgan fingerprint density at radius 2 is 1.73 bits per heavy atom. The Morgan fingerprint density at radius 3 is 2.50 bits per heavy atom. The van der Waals surface area contributed by atoms with Crippen LogP contribution in [-0.4, -0.2) is 46.2 Å². The third kappa shape index (κ3) is 10.9. The molecule has 0 aliphatic rings. The fraction of sp³-hybridized carbons (Fsp3) is 0.300. The third-order valence-corrected chi connectivity index (χ3v) is 6.02. The summed E-state index contributed by atoms with van der Waals surface area (Å²) in [4.78, 5) is 45.4. The molecule has 210 valence electrons. The monoisotopic (exact) mass is 562 g/mol. The number of hydrogen-bond donors (Lipinski definition) is 2. The van der Waals surface area contributed by atoms with Gasteiger partial charge in [-0.15, -0.1) is 0 Å². The zero-order chi connectivity index (χ0) is 28.7. The summed E-state index contributed by atoms with van der Waals surface area (Å²) in [6, 6.07) is 19.1. The van der Waals surface area contributed by atoms with Crippen LogP contribution < -0.4 is 10.6 Å². The Hall–Kier alpha value is -4.18. The molecule has 1 aromatic heterocycles. The molecule has 10 heteroatoms. The van der Waals surface area contributed by atoms with Crippen molar-refractivity contribution in [1.82, 2.24) is 10.3 Å². The molecule has 1 unspecified atom stereocenters. The number of carbonyl (C=O) groups excluding carboxylic acids is 3. The number of para-hydroxylation sites is 1. The minimum Gasteiger partial charge on any atom is -0.463 e. The van der Waals surface area contributed by atoms with Crippen LogP contribution in [0.3, 0.4) is 0 Å². The largest absolute Gasteiger partial charge is 0.463 e. The highest BCUT2D eigenvalue weighted by atomic mass is 32.2. The molecule has 9 nitrogen and oxygen atoms in total. The number of nitrogens with zero attached hydrogens (tertiary/aromatic N) is 2. The standard InChI is InChI=1S/C30H34N4O5S/c1-21(2)39-28(37)16-8-15-27(36)38-20-40-30(34-25-14-7-12-24-13-9-19-31-29(24)25)33-22(3)32-26(35)18-17-23-10-5-4-6-11-23/h4-7,9-14,17-19,21-22H,8,15-16,20H2,1-3H3,(H,32,35)(H,33,34)/b18-17+. The van der Waals surface area contributed by atoms with Gasteiger partial charge in [-0.25, -0.2) is 4.99 Å². The number of hydrogen-bond acceptors (Lipinski definition) is 8.